The second-order valence-electron chi connectivity index (χ2n) is 6.65. The fraction of sp³-hybridized carbons (Fsp3) is 0.333. The van der Waals surface area contributed by atoms with Crippen molar-refractivity contribution in [2.45, 2.75) is 39.7 Å². The first-order valence-electron chi connectivity index (χ1n) is 8.35. The van der Waals surface area contributed by atoms with Crippen LogP contribution in [0.15, 0.2) is 30.3 Å². The van der Waals surface area contributed by atoms with Gasteiger partial charge in [0, 0.05) is 28.6 Å². The average Bonchev–Trinajstić information content (AvgIpc) is 2.54. The quantitative estimate of drug-likeness (QED) is 0.401. The minimum Gasteiger partial charge on any atom is -0.384 e. The molecule has 0 atom stereocenters. The Labute approximate surface area is 153 Å². The number of nitrogens with one attached hydrogen (secondary N) is 4. The number of hydrogen-bond acceptors (Lipinski definition) is 5. The number of hydrogen-bond donors (Lipinski definition) is 5. The number of carbonyl (C=O) groups is 1. The molecule has 2 aromatic rings. The van der Waals surface area contributed by atoms with Crippen molar-refractivity contribution in [1.82, 2.24) is 15.3 Å². The van der Waals surface area contributed by atoms with Gasteiger partial charge in [-0.25, -0.2) is 9.78 Å². The lowest BCUT2D eigenvalue weighted by Crippen LogP contribution is -2.45. The van der Waals surface area contributed by atoms with E-state index in [0.29, 0.717) is 17.1 Å². The van der Waals surface area contributed by atoms with E-state index in [9.17, 15) is 4.79 Å². The average molecular weight is 355 g/mol. The van der Waals surface area contributed by atoms with Gasteiger partial charge >= 0.3 is 6.03 Å². The molecule has 2 amide bonds. The van der Waals surface area contributed by atoms with Crippen LogP contribution in [0.4, 0.5) is 22.2 Å². The predicted octanol–water partition coefficient (Wildman–Crippen LogP) is 3.12. The maximum atomic E-state index is 12.1. The highest BCUT2D eigenvalue weighted by atomic mass is 16.2. The van der Waals surface area contributed by atoms with Gasteiger partial charge in [-0.05, 0) is 51.5 Å². The van der Waals surface area contributed by atoms with Gasteiger partial charge in [-0.3, -0.25) is 10.7 Å². The molecule has 0 radical (unpaired) electrons. The summed E-state index contributed by atoms with van der Waals surface area (Å²) in [4.78, 5) is 20.7. The van der Waals surface area contributed by atoms with Crippen molar-refractivity contribution in [3.8, 4) is 0 Å². The molecule has 8 heteroatoms. The van der Waals surface area contributed by atoms with Crippen molar-refractivity contribution in [2.75, 3.05) is 10.6 Å². The first-order valence-corrected chi connectivity index (χ1v) is 8.35. The van der Waals surface area contributed by atoms with Crippen molar-refractivity contribution in [3.05, 3.63) is 41.6 Å². The van der Waals surface area contributed by atoms with E-state index in [0.717, 1.165) is 12.1 Å². The number of anilines is 3. The van der Waals surface area contributed by atoms with Gasteiger partial charge in [-0.1, -0.05) is 6.92 Å². The Bertz CT molecular complexity index is 800. The molecule has 2 rings (SSSR count). The summed E-state index contributed by atoms with van der Waals surface area (Å²) in [6, 6.07) is 8.53. The van der Waals surface area contributed by atoms with E-state index in [1.54, 1.807) is 30.3 Å². The number of urea groups is 1. The van der Waals surface area contributed by atoms with E-state index in [1.807, 2.05) is 27.7 Å². The molecule has 6 N–H and O–H groups in total. The Morgan fingerprint density at radius 3 is 2.46 bits per heavy atom. The molecule has 1 aromatic heterocycles. The van der Waals surface area contributed by atoms with Crippen LogP contribution in [-0.4, -0.2) is 27.4 Å². The fourth-order valence-corrected chi connectivity index (χ4v) is 2.10. The molecule has 0 saturated heterocycles. The highest BCUT2D eigenvalue weighted by Crippen LogP contribution is 2.17. The maximum absolute atomic E-state index is 12.1. The number of nitrogen functional groups attached to an aromatic ring is 1. The summed E-state index contributed by atoms with van der Waals surface area (Å²) in [7, 11) is 0. The summed E-state index contributed by atoms with van der Waals surface area (Å²) in [6.07, 6.45) is 0.804. The smallest absolute Gasteiger partial charge is 0.322 e. The van der Waals surface area contributed by atoms with Gasteiger partial charge in [0.05, 0.1) is 0 Å². The normalized spacial score (nSPS) is 10.9. The highest BCUT2D eigenvalue weighted by molar-refractivity contribution is 5.95. The number of aryl methyl sites for hydroxylation is 1. The highest BCUT2D eigenvalue weighted by Gasteiger charge is 2.18. The molecular formula is C18H25N7O. The van der Waals surface area contributed by atoms with E-state index >= 15 is 0 Å². The largest absolute Gasteiger partial charge is 0.384 e. The Balaban J connectivity index is 2.11. The van der Waals surface area contributed by atoms with Crippen molar-refractivity contribution >= 4 is 29.3 Å². The summed E-state index contributed by atoms with van der Waals surface area (Å²) >= 11 is 0. The van der Waals surface area contributed by atoms with Crippen molar-refractivity contribution in [2.24, 2.45) is 5.73 Å². The molecule has 0 saturated carbocycles. The van der Waals surface area contributed by atoms with Crippen LogP contribution in [0.1, 0.15) is 38.4 Å². The second kappa shape index (κ2) is 7.81. The summed E-state index contributed by atoms with van der Waals surface area (Å²) in [6.45, 7) is 7.72. The molecule has 0 unspecified atom stereocenters. The molecule has 1 heterocycles. The van der Waals surface area contributed by atoms with Crippen molar-refractivity contribution < 1.29 is 4.79 Å². The van der Waals surface area contributed by atoms with Gasteiger partial charge in [-0.15, -0.1) is 0 Å². The molecule has 0 fully saturated rings. The summed E-state index contributed by atoms with van der Waals surface area (Å²) in [5.41, 5.74) is 7.29. The third kappa shape index (κ3) is 5.44. The van der Waals surface area contributed by atoms with Crippen molar-refractivity contribution in [3.63, 3.8) is 0 Å². The minimum atomic E-state index is -0.348. The Hall–Kier alpha value is -3.16. The van der Waals surface area contributed by atoms with Gasteiger partial charge in [0.25, 0.3) is 0 Å². The maximum Gasteiger partial charge on any atom is 0.322 e. The number of amides is 2. The van der Waals surface area contributed by atoms with E-state index in [1.165, 1.54) is 0 Å². The SMILES string of the molecule is CCC(C)(C)NC(=O)Nc1nc(C)cc(Nc2ccc(C(=N)N)cc2)n1. The third-order valence-corrected chi connectivity index (χ3v) is 3.88. The Kier molecular flexibility index (Phi) is 5.76. The molecule has 138 valence electrons. The van der Waals surface area contributed by atoms with Crippen LogP contribution in [0.2, 0.25) is 0 Å². The van der Waals surface area contributed by atoms with Crippen LogP contribution in [0, 0.1) is 12.3 Å². The zero-order chi connectivity index (χ0) is 19.3. The van der Waals surface area contributed by atoms with E-state index in [2.05, 4.69) is 25.9 Å². The number of nitrogens with zero attached hydrogens (tertiary/aromatic N) is 2. The molecular weight excluding hydrogens is 330 g/mol. The molecule has 26 heavy (non-hydrogen) atoms. The lowest BCUT2D eigenvalue weighted by molar-refractivity contribution is 0.240. The van der Waals surface area contributed by atoms with Crippen LogP contribution in [0.3, 0.4) is 0 Å². The van der Waals surface area contributed by atoms with Crippen molar-refractivity contribution in [1.29, 1.82) is 5.41 Å². The molecule has 8 nitrogen and oxygen atoms in total. The topological polar surface area (TPSA) is 129 Å². The lowest BCUT2D eigenvalue weighted by Gasteiger charge is -2.24. The summed E-state index contributed by atoms with van der Waals surface area (Å²) < 4.78 is 0. The molecule has 1 aromatic carbocycles. The number of nitrogens with two attached hydrogens (primary N) is 1. The van der Waals surface area contributed by atoms with E-state index in [-0.39, 0.29) is 23.4 Å². The molecule has 0 spiro atoms. The number of aromatic nitrogens is 2. The number of rotatable bonds is 6. The zero-order valence-corrected chi connectivity index (χ0v) is 15.5. The first kappa shape index (κ1) is 19.2. The molecule has 0 aliphatic rings. The monoisotopic (exact) mass is 355 g/mol. The van der Waals surface area contributed by atoms with Gasteiger partial charge in [-0.2, -0.15) is 4.98 Å². The van der Waals surface area contributed by atoms with Gasteiger partial charge in [0.1, 0.15) is 11.7 Å². The van der Waals surface area contributed by atoms with E-state index < -0.39 is 0 Å². The Morgan fingerprint density at radius 2 is 1.88 bits per heavy atom. The summed E-state index contributed by atoms with van der Waals surface area (Å²) in [5.74, 6) is 0.789. The lowest BCUT2D eigenvalue weighted by atomic mass is 10.0. The number of carbonyl (C=O) groups excluding carboxylic acids is 1. The molecule has 0 aliphatic heterocycles. The predicted molar refractivity (Wildman–Crippen MR) is 104 cm³/mol. The third-order valence-electron chi connectivity index (χ3n) is 3.88. The number of benzene rings is 1. The van der Waals surface area contributed by atoms with Crippen LogP contribution in [-0.2, 0) is 0 Å². The van der Waals surface area contributed by atoms with Gasteiger partial charge in [0.2, 0.25) is 5.95 Å². The Morgan fingerprint density at radius 1 is 1.23 bits per heavy atom. The fourth-order valence-electron chi connectivity index (χ4n) is 2.10. The van der Waals surface area contributed by atoms with Crippen LogP contribution in [0.5, 0.6) is 0 Å². The van der Waals surface area contributed by atoms with Crippen LogP contribution in [0.25, 0.3) is 0 Å². The zero-order valence-electron chi connectivity index (χ0n) is 15.5. The minimum absolute atomic E-state index is 0.0157. The van der Waals surface area contributed by atoms with Crippen LogP contribution >= 0.6 is 0 Å². The summed E-state index contributed by atoms with van der Waals surface area (Å²) in [5, 5.41) is 16.1. The number of amidine groups is 1. The standard InChI is InChI=1S/C18H25N7O/c1-5-18(3,4)25-17(26)24-16-21-11(2)10-14(23-16)22-13-8-6-12(7-9-13)15(19)20/h6-10H,5H2,1-4H3,(H3,19,20)(H3,21,22,23,24,25,26). The molecule has 0 bridgehead atoms. The van der Waals surface area contributed by atoms with Crippen LogP contribution < -0.4 is 21.7 Å². The van der Waals surface area contributed by atoms with E-state index in [4.69, 9.17) is 11.1 Å². The second-order valence-corrected chi connectivity index (χ2v) is 6.65. The van der Waals surface area contributed by atoms with Gasteiger partial charge in [0.15, 0.2) is 0 Å². The molecule has 0 aliphatic carbocycles. The van der Waals surface area contributed by atoms with Gasteiger partial charge < -0.3 is 16.4 Å². The first-order chi connectivity index (χ1) is 12.2.